The molecule has 1 aromatic carbocycles. The maximum Gasteiger partial charge on any atom is 0.246 e. The number of piperidine rings is 1. The van der Waals surface area contributed by atoms with Crippen molar-refractivity contribution in [3.05, 3.63) is 29.8 Å². The molecule has 6 heteroatoms. The number of hydrogen-bond donors (Lipinski definition) is 0. The molecule has 1 saturated heterocycles. The van der Waals surface area contributed by atoms with Gasteiger partial charge in [-0.05, 0) is 48.3 Å². The van der Waals surface area contributed by atoms with Crippen molar-refractivity contribution < 1.29 is 4.79 Å². The van der Waals surface area contributed by atoms with Crippen molar-refractivity contribution >= 4 is 5.91 Å². The fourth-order valence-electron chi connectivity index (χ4n) is 4.59. The topological polar surface area (TPSA) is 63.9 Å². The molecule has 1 aliphatic carbocycles. The molecule has 2 aliphatic rings. The number of carbonyl (C=O) groups is 1. The van der Waals surface area contributed by atoms with E-state index in [2.05, 4.69) is 46.3 Å². The molecule has 1 aliphatic heterocycles. The Labute approximate surface area is 160 Å². The van der Waals surface area contributed by atoms with Crippen LogP contribution >= 0.6 is 0 Å². The number of tetrazole rings is 1. The minimum atomic E-state index is 0.130. The van der Waals surface area contributed by atoms with E-state index in [-0.39, 0.29) is 12.5 Å². The van der Waals surface area contributed by atoms with Crippen LogP contribution in [0.2, 0.25) is 0 Å². The highest BCUT2D eigenvalue weighted by molar-refractivity contribution is 5.76. The van der Waals surface area contributed by atoms with E-state index in [0.717, 1.165) is 24.9 Å². The Balaban J connectivity index is 1.43. The van der Waals surface area contributed by atoms with Gasteiger partial charge < -0.3 is 4.90 Å². The maximum absolute atomic E-state index is 12.9. The Morgan fingerprint density at radius 2 is 1.85 bits per heavy atom. The summed E-state index contributed by atoms with van der Waals surface area (Å²) in [5.41, 5.74) is 2.22. The van der Waals surface area contributed by atoms with E-state index in [4.69, 9.17) is 0 Å². The third-order valence-corrected chi connectivity index (χ3v) is 6.13. The van der Waals surface area contributed by atoms with Crippen LogP contribution in [0.3, 0.4) is 0 Å². The van der Waals surface area contributed by atoms with Crippen LogP contribution in [0.4, 0.5) is 0 Å². The highest BCUT2D eigenvalue weighted by Gasteiger charge is 2.35. The van der Waals surface area contributed by atoms with Gasteiger partial charge in [0.05, 0.1) is 0 Å². The van der Waals surface area contributed by atoms with Crippen molar-refractivity contribution in [2.45, 2.75) is 70.9 Å². The molecule has 0 bridgehead atoms. The second-order valence-corrected chi connectivity index (χ2v) is 8.26. The van der Waals surface area contributed by atoms with Crippen LogP contribution in [0.25, 0.3) is 11.4 Å². The van der Waals surface area contributed by atoms with E-state index in [1.807, 2.05) is 12.1 Å². The van der Waals surface area contributed by atoms with Crippen molar-refractivity contribution in [3.63, 3.8) is 0 Å². The van der Waals surface area contributed by atoms with E-state index in [9.17, 15) is 4.79 Å². The standard InChI is InChI=1S/C21H29N5O/c1-15(2)16-9-11-18(12-10-16)21-22-24-26(23-21)14-20(27)25-13-5-7-17-6-3-4-8-19(17)25/h9-12,15,17,19H,3-8,13-14H2,1-2H3/t17-,19+/m0/s1. The van der Waals surface area contributed by atoms with Crippen molar-refractivity contribution in [2.75, 3.05) is 6.54 Å². The quantitative estimate of drug-likeness (QED) is 0.827. The number of likely N-dealkylation sites (tertiary alicyclic amines) is 1. The highest BCUT2D eigenvalue weighted by atomic mass is 16.2. The van der Waals surface area contributed by atoms with Crippen LogP contribution in [0.15, 0.2) is 24.3 Å². The molecule has 4 rings (SSSR count). The predicted octanol–water partition coefficient (Wildman–Crippen LogP) is 3.64. The molecular weight excluding hydrogens is 338 g/mol. The van der Waals surface area contributed by atoms with Crippen LogP contribution < -0.4 is 0 Å². The lowest BCUT2D eigenvalue weighted by Gasteiger charge is -2.44. The summed E-state index contributed by atoms with van der Waals surface area (Å²) in [4.78, 5) is 16.4. The molecule has 2 heterocycles. The molecule has 6 nitrogen and oxygen atoms in total. The zero-order valence-corrected chi connectivity index (χ0v) is 16.3. The summed E-state index contributed by atoms with van der Waals surface area (Å²) in [6.45, 7) is 5.40. The van der Waals surface area contributed by atoms with E-state index >= 15 is 0 Å². The van der Waals surface area contributed by atoms with Gasteiger partial charge in [-0.1, -0.05) is 51.0 Å². The van der Waals surface area contributed by atoms with Crippen molar-refractivity contribution in [1.82, 2.24) is 25.1 Å². The number of rotatable bonds is 4. The van der Waals surface area contributed by atoms with Gasteiger partial charge in [0, 0.05) is 18.2 Å². The summed E-state index contributed by atoms with van der Waals surface area (Å²) < 4.78 is 0. The van der Waals surface area contributed by atoms with Gasteiger partial charge in [-0.3, -0.25) is 4.79 Å². The maximum atomic E-state index is 12.9. The lowest BCUT2D eigenvalue weighted by atomic mass is 9.78. The molecule has 0 spiro atoms. The highest BCUT2D eigenvalue weighted by Crippen LogP contribution is 2.35. The normalized spacial score (nSPS) is 22.7. The molecule has 2 fully saturated rings. The van der Waals surface area contributed by atoms with Gasteiger partial charge >= 0.3 is 0 Å². The van der Waals surface area contributed by atoms with Gasteiger partial charge in [0.2, 0.25) is 11.7 Å². The molecule has 1 saturated carbocycles. The first-order valence-electron chi connectivity index (χ1n) is 10.3. The van der Waals surface area contributed by atoms with Crippen LogP contribution in [0.1, 0.15) is 63.9 Å². The lowest BCUT2D eigenvalue weighted by Crippen LogP contribution is -2.50. The Bertz CT molecular complexity index is 780. The third-order valence-electron chi connectivity index (χ3n) is 6.13. The molecule has 1 amide bonds. The van der Waals surface area contributed by atoms with Gasteiger partial charge in [0.25, 0.3) is 0 Å². The number of hydrogen-bond acceptors (Lipinski definition) is 4. The summed E-state index contributed by atoms with van der Waals surface area (Å²) in [7, 11) is 0. The second kappa shape index (κ2) is 7.79. The Morgan fingerprint density at radius 3 is 2.63 bits per heavy atom. The van der Waals surface area contributed by atoms with E-state index in [1.54, 1.807) is 0 Å². The number of nitrogens with zero attached hydrogens (tertiary/aromatic N) is 5. The summed E-state index contributed by atoms with van der Waals surface area (Å²) in [5.74, 6) is 1.89. The Hall–Kier alpha value is -2.24. The van der Waals surface area contributed by atoms with Gasteiger partial charge in [-0.25, -0.2) is 0 Å². The predicted molar refractivity (Wildman–Crippen MR) is 104 cm³/mol. The van der Waals surface area contributed by atoms with Crippen molar-refractivity contribution in [1.29, 1.82) is 0 Å². The molecule has 144 valence electrons. The lowest BCUT2D eigenvalue weighted by molar-refractivity contribution is -0.138. The SMILES string of the molecule is CC(C)c1ccc(-c2nnn(CC(=O)N3CCC[C@@H]4CCCC[C@H]43)n2)cc1. The number of carbonyl (C=O) groups excluding carboxylic acids is 1. The summed E-state index contributed by atoms with van der Waals surface area (Å²) in [6, 6.07) is 8.67. The Morgan fingerprint density at radius 1 is 1.11 bits per heavy atom. The van der Waals surface area contributed by atoms with Crippen LogP contribution in [-0.4, -0.2) is 43.6 Å². The number of benzene rings is 1. The number of aromatic nitrogens is 4. The number of fused-ring (bicyclic) bond motifs is 1. The van der Waals surface area contributed by atoms with Crippen LogP contribution in [0, 0.1) is 5.92 Å². The molecule has 2 aromatic rings. The van der Waals surface area contributed by atoms with Crippen LogP contribution in [0.5, 0.6) is 0 Å². The fourth-order valence-corrected chi connectivity index (χ4v) is 4.59. The minimum absolute atomic E-state index is 0.130. The smallest absolute Gasteiger partial charge is 0.246 e. The van der Waals surface area contributed by atoms with Gasteiger partial charge in [0.1, 0.15) is 6.54 Å². The van der Waals surface area contributed by atoms with Gasteiger partial charge in [-0.2, -0.15) is 4.80 Å². The van der Waals surface area contributed by atoms with Crippen LogP contribution in [-0.2, 0) is 11.3 Å². The summed E-state index contributed by atoms with van der Waals surface area (Å²) in [6.07, 6.45) is 7.36. The largest absolute Gasteiger partial charge is 0.338 e. The fraction of sp³-hybridized carbons (Fsp3) is 0.619. The first-order chi connectivity index (χ1) is 13.1. The van der Waals surface area contributed by atoms with E-state index < -0.39 is 0 Å². The number of amides is 1. The molecule has 1 aromatic heterocycles. The monoisotopic (exact) mass is 367 g/mol. The van der Waals surface area contributed by atoms with Crippen molar-refractivity contribution in [2.24, 2.45) is 5.92 Å². The average molecular weight is 367 g/mol. The van der Waals surface area contributed by atoms with E-state index in [1.165, 1.54) is 36.0 Å². The van der Waals surface area contributed by atoms with Gasteiger partial charge in [-0.15, -0.1) is 10.2 Å². The second-order valence-electron chi connectivity index (χ2n) is 8.26. The Kier molecular flexibility index (Phi) is 5.23. The molecule has 2 atom stereocenters. The summed E-state index contributed by atoms with van der Waals surface area (Å²) in [5, 5.41) is 12.7. The average Bonchev–Trinajstić information content (AvgIpc) is 3.16. The zero-order valence-electron chi connectivity index (χ0n) is 16.3. The minimum Gasteiger partial charge on any atom is -0.338 e. The first kappa shape index (κ1) is 18.1. The van der Waals surface area contributed by atoms with Crippen molar-refractivity contribution in [3.8, 4) is 11.4 Å². The first-order valence-corrected chi connectivity index (χ1v) is 10.3. The molecule has 0 N–H and O–H groups in total. The molecule has 0 unspecified atom stereocenters. The van der Waals surface area contributed by atoms with E-state index in [0.29, 0.717) is 23.7 Å². The molecular formula is C21H29N5O. The zero-order chi connectivity index (χ0) is 18.8. The molecule has 27 heavy (non-hydrogen) atoms. The molecule has 0 radical (unpaired) electrons. The summed E-state index contributed by atoms with van der Waals surface area (Å²) >= 11 is 0. The van der Waals surface area contributed by atoms with Gasteiger partial charge in [0.15, 0.2) is 0 Å². The third kappa shape index (κ3) is 3.89.